The van der Waals surface area contributed by atoms with E-state index in [1.54, 1.807) is 0 Å². The number of pyridine rings is 1. The van der Waals surface area contributed by atoms with Crippen molar-refractivity contribution in [2.75, 3.05) is 0 Å². The maximum atomic E-state index is 11.6. The van der Waals surface area contributed by atoms with Crippen LogP contribution in [0.25, 0.3) is 0 Å². The SMILES string of the molecule is CCC(CC)N1[CH]C([N+](=O)[O-])=C(Oc2c(C)cc(C)nc2C)N=C1C. The zero-order valence-corrected chi connectivity index (χ0v) is 15.7. The Morgan fingerprint density at radius 2 is 1.88 bits per heavy atom. The lowest BCUT2D eigenvalue weighted by molar-refractivity contribution is -0.426. The van der Waals surface area contributed by atoms with Crippen molar-refractivity contribution in [1.82, 2.24) is 9.88 Å². The quantitative estimate of drug-likeness (QED) is 0.576. The lowest BCUT2D eigenvalue weighted by Crippen LogP contribution is -2.40. The van der Waals surface area contributed by atoms with Gasteiger partial charge >= 0.3 is 5.70 Å². The van der Waals surface area contributed by atoms with Gasteiger partial charge in [-0.05, 0) is 52.2 Å². The zero-order chi connectivity index (χ0) is 18.7. The monoisotopic (exact) mass is 345 g/mol. The minimum absolute atomic E-state index is 0.00144. The van der Waals surface area contributed by atoms with Crippen molar-refractivity contribution in [3.63, 3.8) is 0 Å². The van der Waals surface area contributed by atoms with Crippen molar-refractivity contribution in [1.29, 1.82) is 0 Å². The summed E-state index contributed by atoms with van der Waals surface area (Å²) in [6.45, 7) is 13.1. The number of hydrogen-bond acceptors (Lipinski definition) is 6. The van der Waals surface area contributed by atoms with Crippen molar-refractivity contribution in [2.45, 2.75) is 60.4 Å². The zero-order valence-electron chi connectivity index (χ0n) is 15.7. The molecule has 1 aliphatic heterocycles. The van der Waals surface area contributed by atoms with Gasteiger partial charge in [0.05, 0.1) is 10.6 Å². The predicted octanol–water partition coefficient (Wildman–Crippen LogP) is 3.92. The van der Waals surface area contributed by atoms with Crippen LogP contribution in [0.4, 0.5) is 0 Å². The van der Waals surface area contributed by atoms with Crippen molar-refractivity contribution in [3.8, 4) is 5.75 Å². The summed E-state index contributed by atoms with van der Waals surface area (Å²) in [5, 5.41) is 11.6. The normalized spacial score (nSPS) is 14.8. The summed E-state index contributed by atoms with van der Waals surface area (Å²) in [5.41, 5.74) is 2.29. The van der Waals surface area contributed by atoms with Gasteiger partial charge in [0, 0.05) is 11.7 Å². The average molecular weight is 345 g/mol. The largest absolute Gasteiger partial charge is 0.432 e. The van der Waals surface area contributed by atoms with Crippen LogP contribution in [-0.2, 0) is 0 Å². The molecule has 0 saturated carbocycles. The molecule has 0 fully saturated rings. The van der Waals surface area contributed by atoms with Crippen LogP contribution in [0.5, 0.6) is 5.75 Å². The minimum Gasteiger partial charge on any atom is -0.432 e. The summed E-state index contributed by atoms with van der Waals surface area (Å²) in [6, 6.07) is 2.05. The van der Waals surface area contributed by atoms with E-state index in [1.165, 1.54) is 6.54 Å². The molecule has 25 heavy (non-hydrogen) atoms. The van der Waals surface area contributed by atoms with E-state index in [0.29, 0.717) is 17.3 Å². The van der Waals surface area contributed by atoms with Crippen LogP contribution in [0.3, 0.4) is 0 Å². The molecule has 0 aliphatic carbocycles. The van der Waals surface area contributed by atoms with Gasteiger partial charge in [-0.2, -0.15) is 4.99 Å². The van der Waals surface area contributed by atoms with Crippen LogP contribution in [0.1, 0.15) is 50.6 Å². The predicted molar refractivity (Wildman–Crippen MR) is 96.7 cm³/mol. The average Bonchev–Trinajstić information content (AvgIpc) is 2.53. The number of nitrogens with zero attached hydrogens (tertiary/aromatic N) is 4. The van der Waals surface area contributed by atoms with Gasteiger partial charge < -0.3 is 9.64 Å². The molecule has 7 heteroatoms. The van der Waals surface area contributed by atoms with E-state index in [4.69, 9.17) is 4.74 Å². The van der Waals surface area contributed by atoms with E-state index < -0.39 is 4.92 Å². The van der Waals surface area contributed by atoms with Gasteiger partial charge in [-0.1, -0.05) is 13.8 Å². The molecular formula is C18H25N4O3. The summed E-state index contributed by atoms with van der Waals surface area (Å²) in [7, 11) is 0. The molecule has 0 aromatic carbocycles. The summed E-state index contributed by atoms with van der Waals surface area (Å²) in [6.07, 6.45) is 1.75. The third kappa shape index (κ3) is 3.97. The smallest absolute Gasteiger partial charge is 0.333 e. The highest BCUT2D eigenvalue weighted by Gasteiger charge is 2.33. The molecule has 1 radical (unpaired) electrons. The number of aliphatic imine (C=N–C) groups is 1. The second-order valence-electron chi connectivity index (χ2n) is 6.21. The number of aryl methyl sites for hydroxylation is 3. The number of amidine groups is 1. The van der Waals surface area contributed by atoms with Gasteiger partial charge in [0.15, 0.2) is 12.3 Å². The second-order valence-corrected chi connectivity index (χ2v) is 6.21. The van der Waals surface area contributed by atoms with Crippen LogP contribution < -0.4 is 4.74 Å². The maximum Gasteiger partial charge on any atom is 0.333 e. The number of nitro groups is 1. The third-order valence-electron chi connectivity index (χ3n) is 4.31. The first-order valence-corrected chi connectivity index (χ1v) is 8.48. The fourth-order valence-corrected chi connectivity index (χ4v) is 3.06. The maximum absolute atomic E-state index is 11.6. The highest BCUT2D eigenvalue weighted by Crippen LogP contribution is 2.30. The van der Waals surface area contributed by atoms with E-state index in [0.717, 1.165) is 24.1 Å². The van der Waals surface area contributed by atoms with Gasteiger partial charge in [0.2, 0.25) is 0 Å². The molecular weight excluding hydrogens is 320 g/mol. The molecule has 2 rings (SSSR count). The van der Waals surface area contributed by atoms with Crippen LogP contribution in [0, 0.1) is 37.4 Å². The Morgan fingerprint density at radius 1 is 1.24 bits per heavy atom. The summed E-state index contributed by atoms with van der Waals surface area (Å²) in [4.78, 5) is 21.7. The molecule has 7 nitrogen and oxygen atoms in total. The van der Waals surface area contributed by atoms with Crippen LogP contribution in [-0.4, -0.2) is 26.7 Å². The lowest BCUT2D eigenvalue weighted by atomic mass is 10.1. The van der Waals surface area contributed by atoms with Gasteiger partial charge in [-0.3, -0.25) is 15.1 Å². The Hall–Kier alpha value is -2.44. The highest BCUT2D eigenvalue weighted by molar-refractivity contribution is 5.83. The first kappa shape index (κ1) is 18.9. The van der Waals surface area contributed by atoms with Gasteiger partial charge in [0.1, 0.15) is 5.84 Å². The molecule has 0 saturated heterocycles. The fraction of sp³-hybridized carbons (Fsp3) is 0.500. The number of rotatable bonds is 6. The Kier molecular flexibility index (Phi) is 5.77. The summed E-state index contributed by atoms with van der Waals surface area (Å²) >= 11 is 0. The molecule has 1 aliphatic rings. The minimum atomic E-state index is -0.451. The third-order valence-corrected chi connectivity index (χ3v) is 4.31. The van der Waals surface area contributed by atoms with Crippen molar-refractivity contribution < 1.29 is 9.66 Å². The first-order chi connectivity index (χ1) is 11.8. The molecule has 1 aromatic heterocycles. The van der Waals surface area contributed by atoms with E-state index in [2.05, 4.69) is 23.8 Å². The van der Waals surface area contributed by atoms with Gasteiger partial charge in [-0.15, -0.1) is 0 Å². The number of aromatic nitrogens is 1. The van der Waals surface area contributed by atoms with Gasteiger partial charge in [-0.25, -0.2) is 0 Å². The van der Waals surface area contributed by atoms with E-state index >= 15 is 0 Å². The number of hydrogen-bond donors (Lipinski definition) is 0. The molecule has 0 spiro atoms. The van der Waals surface area contributed by atoms with Crippen LogP contribution in [0.2, 0.25) is 0 Å². The fourth-order valence-electron chi connectivity index (χ4n) is 3.06. The first-order valence-electron chi connectivity index (χ1n) is 8.48. The van der Waals surface area contributed by atoms with Crippen molar-refractivity contribution in [2.24, 2.45) is 4.99 Å². The molecule has 0 N–H and O–H groups in total. The molecule has 0 atom stereocenters. The van der Waals surface area contributed by atoms with Gasteiger partial charge in [0.25, 0.3) is 5.88 Å². The Morgan fingerprint density at radius 3 is 2.40 bits per heavy atom. The highest BCUT2D eigenvalue weighted by atomic mass is 16.6. The second kappa shape index (κ2) is 7.63. The molecule has 0 bridgehead atoms. The van der Waals surface area contributed by atoms with E-state index in [1.807, 2.05) is 38.7 Å². The molecule has 2 heterocycles. The van der Waals surface area contributed by atoms with Crippen molar-refractivity contribution in [3.05, 3.63) is 51.3 Å². The van der Waals surface area contributed by atoms with E-state index in [-0.39, 0.29) is 17.6 Å². The molecule has 135 valence electrons. The Labute approximate surface area is 148 Å². The lowest BCUT2D eigenvalue weighted by Gasteiger charge is -2.32. The Bertz CT molecular complexity index is 713. The molecule has 0 amide bonds. The topological polar surface area (TPSA) is 80.9 Å². The van der Waals surface area contributed by atoms with Crippen molar-refractivity contribution >= 4 is 5.84 Å². The van der Waals surface area contributed by atoms with Crippen LogP contribution in [0.15, 0.2) is 22.6 Å². The van der Waals surface area contributed by atoms with Crippen LogP contribution >= 0.6 is 0 Å². The van der Waals surface area contributed by atoms with E-state index in [9.17, 15) is 10.1 Å². The molecule has 1 aromatic rings. The number of ether oxygens (including phenoxy) is 1. The summed E-state index contributed by atoms with van der Waals surface area (Å²) in [5.74, 6) is 1.20. The molecule has 0 unspecified atom stereocenters. The Balaban J connectivity index is 2.42. The summed E-state index contributed by atoms with van der Waals surface area (Å²) < 4.78 is 5.84. The standard InChI is InChI=1S/C18H25N4O3/c1-7-15(8-2)21-10-16(22(23)24)18(20-14(21)6)25-17-11(3)9-12(4)19-13(17)5/h9-10,15H,7-8H2,1-6H3.